The summed E-state index contributed by atoms with van der Waals surface area (Å²) in [5, 5.41) is 8.26. The highest BCUT2D eigenvalue weighted by atomic mass is 31.0. The van der Waals surface area contributed by atoms with Crippen LogP contribution in [0.3, 0.4) is 0 Å². The Labute approximate surface area is 247 Å². The van der Waals surface area contributed by atoms with Gasteiger partial charge in [0.1, 0.15) is 12.4 Å². The molecule has 1 saturated heterocycles. The van der Waals surface area contributed by atoms with Crippen LogP contribution >= 0.6 is 18.5 Å². The number of benzene rings is 2. The van der Waals surface area contributed by atoms with Crippen LogP contribution in [0.25, 0.3) is 0 Å². The van der Waals surface area contributed by atoms with Crippen LogP contribution in [0, 0.1) is 5.92 Å². The summed E-state index contributed by atoms with van der Waals surface area (Å²) in [4.78, 5) is 46.1. The van der Waals surface area contributed by atoms with Crippen LogP contribution in [0.15, 0.2) is 66.9 Å². The van der Waals surface area contributed by atoms with Gasteiger partial charge in [-0.15, -0.1) is 18.5 Å². The zero-order valence-corrected chi connectivity index (χ0v) is 26.4. The Morgan fingerprint density at radius 2 is 1.68 bits per heavy atom. The number of carbonyl (C=O) groups excluding carboxylic acids is 3. The molecule has 4 unspecified atom stereocenters. The monoisotopic (exact) mass is 591 g/mol. The van der Waals surface area contributed by atoms with Gasteiger partial charge in [0.2, 0.25) is 17.7 Å². The second kappa shape index (κ2) is 13.2. The van der Waals surface area contributed by atoms with Gasteiger partial charge in [-0.25, -0.2) is 4.98 Å². The number of rotatable bonds is 5. The number of aromatic nitrogens is 1. The number of likely N-dealkylation sites (N-methyl/N-ethyl adjacent to an activating group) is 1. The largest absolute Gasteiger partial charge is 0.328 e. The van der Waals surface area contributed by atoms with Gasteiger partial charge in [0.25, 0.3) is 0 Å². The fourth-order valence-corrected chi connectivity index (χ4v) is 5.93. The van der Waals surface area contributed by atoms with E-state index in [2.05, 4.69) is 52.3 Å². The quantitative estimate of drug-likeness (QED) is 0.445. The van der Waals surface area contributed by atoms with E-state index in [4.69, 9.17) is 0 Å². The minimum Gasteiger partial charge on any atom is -0.328 e. The number of nitrogens with zero attached hydrogens (tertiary/aromatic N) is 3. The summed E-state index contributed by atoms with van der Waals surface area (Å²) in [7, 11) is 7.23. The van der Waals surface area contributed by atoms with E-state index in [0.717, 1.165) is 11.1 Å². The van der Waals surface area contributed by atoms with Crippen LogP contribution in [0.1, 0.15) is 31.9 Å². The van der Waals surface area contributed by atoms with Gasteiger partial charge in [-0.1, -0.05) is 30.3 Å². The second-order valence-corrected chi connectivity index (χ2v) is 12.6. The van der Waals surface area contributed by atoms with Crippen molar-refractivity contribution >= 4 is 58.3 Å². The summed E-state index contributed by atoms with van der Waals surface area (Å²) in [5.74, 6) is 0.0505. The van der Waals surface area contributed by atoms with Gasteiger partial charge in [0.05, 0.1) is 5.54 Å². The van der Waals surface area contributed by atoms with Crippen LogP contribution in [-0.2, 0) is 27.2 Å². The molecule has 10 heteroatoms. The summed E-state index contributed by atoms with van der Waals surface area (Å²) >= 11 is 0. The molecule has 1 aromatic heterocycles. The standard InChI is InChI=1S/C25H31N5O3.C6H8P2/c1-16-14-29(4)25(2,3)24(33)30(16)15-22(31)27-20-9-8-17-11-19(12-18(17)13-20)23(32)28-21-7-5-6-10-26-21;7-5-2-1-3-6(8)4-5/h5-10,13,16,19H,11-12,14-15H2,1-4H3,(H,27,31)(H,26,28,32);1-4H,7-8H2. The molecular weight excluding hydrogens is 552 g/mol. The molecule has 3 aromatic rings. The van der Waals surface area contributed by atoms with E-state index >= 15 is 0 Å². The van der Waals surface area contributed by atoms with E-state index in [1.165, 1.54) is 10.6 Å². The number of pyridine rings is 1. The Kier molecular flexibility index (Phi) is 9.91. The average molecular weight is 592 g/mol. The summed E-state index contributed by atoms with van der Waals surface area (Å²) in [6.07, 6.45) is 2.91. The summed E-state index contributed by atoms with van der Waals surface area (Å²) in [6.45, 7) is 6.46. The highest BCUT2D eigenvalue weighted by Crippen LogP contribution is 2.30. The Balaban J connectivity index is 0.000000417. The first kappa shape index (κ1) is 30.8. The molecule has 3 amide bonds. The van der Waals surface area contributed by atoms with Crippen LogP contribution in [0.4, 0.5) is 11.5 Å². The van der Waals surface area contributed by atoms with Crippen LogP contribution in [0.5, 0.6) is 0 Å². The maximum absolute atomic E-state index is 12.9. The van der Waals surface area contributed by atoms with E-state index in [1.54, 1.807) is 23.2 Å². The lowest BCUT2D eigenvalue weighted by atomic mass is 9.95. The van der Waals surface area contributed by atoms with Crippen LogP contribution in [-0.4, -0.2) is 64.2 Å². The van der Waals surface area contributed by atoms with Gasteiger partial charge >= 0.3 is 0 Å². The molecule has 5 rings (SSSR count). The molecular formula is C31H39N5O3P2. The molecule has 0 bridgehead atoms. The van der Waals surface area contributed by atoms with Gasteiger partial charge in [0.15, 0.2) is 0 Å². The third-order valence-corrected chi connectivity index (χ3v) is 8.46. The maximum Gasteiger partial charge on any atom is 0.244 e. The van der Waals surface area contributed by atoms with Gasteiger partial charge in [0, 0.05) is 30.4 Å². The number of anilines is 2. The normalized spacial score (nSPS) is 19.6. The molecule has 2 heterocycles. The Hall–Kier alpha value is -3.18. The lowest BCUT2D eigenvalue weighted by Crippen LogP contribution is -2.65. The highest BCUT2D eigenvalue weighted by Gasteiger charge is 2.43. The highest BCUT2D eigenvalue weighted by molar-refractivity contribution is 7.29. The maximum atomic E-state index is 12.9. The summed E-state index contributed by atoms with van der Waals surface area (Å²) in [6, 6.07) is 19.3. The molecule has 2 aliphatic rings. The topological polar surface area (TPSA) is 94.6 Å². The molecule has 0 spiro atoms. The molecule has 2 aromatic carbocycles. The van der Waals surface area contributed by atoms with Crippen LogP contribution < -0.4 is 21.2 Å². The third kappa shape index (κ3) is 7.77. The Bertz CT molecular complexity index is 1400. The SMILES string of the molecule is CC1CN(C)C(C)(C)C(=O)N1CC(=O)Nc1ccc2c(c1)CC(C(=O)Nc1ccccn1)C2.Pc1cccc(P)c1. The number of hydrogen-bond donors (Lipinski definition) is 2. The summed E-state index contributed by atoms with van der Waals surface area (Å²) in [5.41, 5.74) is 2.21. The predicted molar refractivity (Wildman–Crippen MR) is 172 cm³/mol. The van der Waals surface area contributed by atoms with Crippen molar-refractivity contribution in [3.8, 4) is 0 Å². The van der Waals surface area contributed by atoms with Crippen molar-refractivity contribution in [3.63, 3.8) is 0 Å². The molecule has 2 N–H and O–H groups in total. The van der Waals surface area contributed by atoms with Crippen molar-refractivity contribution in [1.82, 2.24) is 14.8 Å². The number of carbonyl (C=O) groups is 3. The van der Waals surface area contributed by atoms with Gasteiger partial charge in [-0.3, -0.25) is 19.3 Å². The molecule has 1 aliphatic carbocycles. The number of fused-ring (bicyclic) bond motifs is 1. The molecule has 41 heavy (non-hydrogen) atoms. The fraction of sp³-hybridized carbons (Fsp3) is 0.355. The van der Waals surface area contributed by atoms with Crippen molar-refractivity contribution < 1.29 is 14.4 Å². The van der Waals surface area contributed by atoms with E-state index in [-0.39, 0.29) is 36.2 Å². The van der Waals surface area contributed by atoms with E-state index in [9.17, 15) is 14.4 Å². The minimum absolute atomic E-state index is 0.0173. The Morgan fingerprint density at radius 3 is 2.32 bits per heavy atom. The van der Waals surface area contributed by atoms with Crippen molar-refractivity contribution in [2.75, 3.05) is 30.8 Å². The number of amides is 3. The molecule has 1 fully saturated rings. The molecule has 0 radical (unpaired) electrons. The zero-order valence-electron chi connectivity index (χ0n) is 24.1. The molecule has 216 valence electrons. The lowest BCUT2D eigenvalue weighted by molar-refractivity contribution is -0.153. The third-order valence-electron chi connectivity index (χ3n) is 7.74. The van der Waals surface area contributed by atoms with E-state index < -0.39 is 5.54 Å². The number of piperazine rings is 1. The summed E-state index contributed by atoms with van der Waals surface area (Å²) < 4.78 is 0. The van der Waals surface area contributed by atoms with E-state index in [0.29, 0.717) is 30.9 Å². The molecule has 0 saturated carbocycles. The van der Waals surface area contributed by atoms with Gasteiger partial charge < -0.3 is 15.5 Å². The number of hydrogen-bond acceptors (Lipinski definition) is 5. The van der Waals surface area contributed by atoms with Crippen molar-refractivity contribution in [3.05, 3.63) is 78.0 Å². The predicted octanol–water partition coefficient (Wildman–Crippen LogP) is 3.00. The molecule has 4 atom stereocenters. The number of nitrogens with one attached hydrogen (secondary N) is 2. The first-order chi connectivity index (χ1) is 19.4. The molecule has 8 nitrogen and oxygen atoms in total. The van der Waals surface area contributed by atoms with Crippen molar-refractivity contribution in [2.45, 2.75) is 45.2 Å². The van der Waals surface area contributed by atoms with Gasteiger partial charge in [-0.2, -0.15) is 0 Å². The van der Waals surface area contributed by atoms with Crippen molar-refractivity contribution in [1.29, 1.82) is 0 Å². The first-order valence-electron chi connectivity index (χ1n) is 13.7. The van der Waals surface area contributed by atoms with Gasteiger partial charge in [-0.05, 0) is 92.7 Å². The minimum atomic E-state index is -0.634. The van der Waals surface area contributed by atoms with Crippen LogP contribution in [0.2, 0.25) is 0 Å². The zero-order chi connectivity index (χ0) is 29.7. The fourth-order valence-electron chi connectivity index (χ4n) is 5.13. The second-order valence-electron chi connectivity index (χ2n) is 11.2. The smallest absolute Gasteiger partial charge is 0.244 e. The average Bonchev–Trinajstić information content (AvgIpc) is 3.35. The molecule has 1 aliphatic heterocycles. The lowest BCUT2D eigenvalue weighted by Gasteiger charge is -2.47. The van der Waals surface area contributed by atoms with E-state index in [1.807, 2.05) is 63.1 Å². The Morgan fingerprint density at radius 1 is 0.976 bits per heavy atom. The van der Waals surface area contributed by atoms with Crippen molar-refractivity contribution in [2.24, 2.45) is 5.92 Å². The first-order valence-corrected chi connectivity index (χ1v) is 14.9.